The zero-order valence-electron chi connectivity index (χ0n) is 13.2. The van der Waals surface area contributed by atoms with E-state index in [1.807, 2.05) is 0 Å². The molecular formula is C16H28BNO4. The van der Waals surface area contributed by atoms with E-state index in [9.17, 15) is 9.90 Å². The average Bonchev–Trinajstić information content (AvgIpc) is 3.05. The number of carboxylic acid groups (broad SMARTS) is 1. The van der Waals surface area contributed by atoms with Crippen LogP contribution >= 0.6 is 0 Å². The van der Waals surface area contributed by atoms with Crippen molar-refractivity contribution in [1.82, 2.24) is 4.90 Å². The van der Waals surface area contributed by atoms with Gasteiger partial charge in [-0.1, -0.05) is 12.8 Å². The van der Waals surface area contributed by atoms with Crippen molar-refractivity contribution in [3.05, 3.63) is 0 Å². The summed E-state index contributed by atoms with van der Waals surface area (Å²) in [6, 6.07) is 1.42. The monoisotopic (exact) mass is 309 g/mol. The molecule has 2 saturated heterocycles. The highest BCUT2D eigenvalue weighted by Crippen LogP contribution is 2.42. The molecule has 22 heavy (non-hydrogen) atoms. The smallest absolute Gasteiger partial charge is 0.451 e. The summed E-state index contributed by atoms with van der Waals surface area (Å²) in [5.74, 6) is -0.316. The van der Waals surface area contributed by atoms with Gasteiger partial charge in [-0.15, -0.1) is 0 Å². The maximum Gasteiger partial charge on any atom is 0.451 e. The van der Waals surface area contributed by atoms with Crippen LogP contribution in [-0.2, 0) is 4.79 Å². The van der Waals surface area contributed by atoms with Gasteiger partial charge in [0.1, 0.15) is 0 Å². The molecule has 0 radical (unpaired) electrons. The molecule has 2 aliphatic heterocycles. The fourth-order valence-electron chi connectivity index (χ4n) is 5.08. The van der Waals surface area contributed by atoms with Gasteiger partial charge in [0.2, 0.25) is 0 Å². The molecule has 0 aromatic rings. The number of hydrogen-bond acceptors (Lipinski definition) is 4. The number of carbonyl (C=O) groups is 1. The fourth-order valence-corrected chi connectivity index (χ4v) is 5.08. The van der Waals surface area contributed by atoms with Crippen LogP contribution in [0, 0.1) is 17.8 Å². The quantitative estimate of drug-likeness (QED) is 0.649. The van der Waals surface area contributed by atoms with Gasteiger partial charge in [-0.3, -0.25) is 9.69 Å². The summed E-state index contributed by atoms with van der Waals surface area (Å²) in [5, 5.41) is 27.6. The molecule has 1 saturated carbocycles. The average molecular weight is 309 g/mol. The molecule has 2 heterocycles. The molecule has 0 spiro atoms. The molecule has 6 heteroatoms. The first kappa shape index (κ1) is 16.3. The molecule has 3 N–H and O–H groups in total. The molecule has 0 aromatic heterocycles. The first-order valence-corrected chi connectivity index (χ1v) is 8.89. The summed E-state index contributed by atoms with van der Waals surface area (Å²) in [6.07, 6.45) is 8.98. The highest BCUT2D eigenvalue weighted by Gasteiger charge is 2.43. The Labute approximate surface area is 132 Å². The van der Waals surface area contributed by atoms with Crippen molar-refractivity contribution in [1.29, 1.82) is 0 Å². The molecule has 3 atom stereocenters. The second-order valence-electron chi connectivity index (χ2n) is 7.60. The van der Waals surface area contributed by atoms with Gasteiger partial charge in [0.15, 0.2) is 0 Å². The zero-order valence-corrected chi connectivity index (χ0v) is 13.2. The molecule has 3 rings (SSSR count). The molecule has 2 unspecified atom stereocenters. The van der Waals surface area contributed by atoms with E-state index in [0.717, 1.165) is 25.8 Å². The van der Waals surface area contributed by atoms with Gasteiger partial charge in [0.25, 0.3) is 0 Å². The molecule has 3 aliphatic rings. The van der Waals surface area contributed by atoms with Crippen LogP contribution in [0.2, 0.25) is 6.32 Å². The predicted molar refractivity (Wildman–Crippen MR) is 84.3 cm³/mol. The van der Waals surface area contributed by atoms with E-state index in [-0.39, 0.29) is 11.8 Å². The summed E-state index contributed by atoms with van der Waals surface area (Å²) in [6.45, 7) is 0.960. The van der Waals surface area contributed by atoms with Crippen molar-refractivity contribution in [2.75, 3.05) is 6.54 Å². The van der Waals surface area contributed by atoms with Gasteiger partial charge in [0.05, 0.1) is 5.92 Å². The van der Waals surface area contributed by atoms with Gasteiger partial charge in [-0.05, 0) is 56.7 Å². The van der Waals surface area contributed by atoms with E-state index < -0.39 is 13.1 Å². The molecular weight excluding hydrogens is 281 g/mol. The first-order chi connectivity index (χ1) is 10.5. The van der Waals surface area contributed by atoms with Crippen molar-refractivity contribution in [3.63, 3.8) is 0 Å². The normalized spacial score (nSPS) is 38.4. The Morgan fingerprint density at radius 2 is 1.68 bits per heavy atom. The first-order valence-electron chi connectivity index (χ1n) is 8.89. The lowest BCUT2D eigenvalue weighted by atomic mass is 9.69. The minimum atomic E-state index is -1.26. The highest BCUT2D eigenvalue weighted by molar-refractivity contribution is 6.40. The summed E-state index contributed by atoms with van der Waals surface area (Å²) in [7, 11) is -1.26. The van der Waals surface area contributed by atoms with E-state index >= 15 is 0 Å². The van der Waals surface area contributed by atoms with Crippen LogP contribution in [0.4, 0.5) is 0 Å². The second kappa shape index (κ2) is 6.89. The predicted octanol–water partition coefficient (Wildman–Crippen LogP) is 1.59. The van der Waals surface area contributed by atoms with Crippen molar-refractivity contribution >= 4 is 13.1 Å². The van der Waals surface area contributed by atoms with E-state index in [0.29, 0.717) is 30.7 Å². The van der Waals surface area contributed by atoms with E-state index in [1.54, 1.807) is 0 Å². The molecule has 2 bridgehead atoms. The van der Waals surface area contributed by atoms with Crippen molar-refractivity contribution in [2.45, 2.75) is 69.8 Å². The Bertz CT molecular complexity index is 386. The van der Waals surface area contributed by atoms with Gasteiger partial charge in [0, 0.05) is 18.6 Å². The topological polar surface area (TPSA) is 81.0 Å². The Kier molecular flexibility index (Phi) is 5.10. The minimum absolute atomic E-state index is 0.255. The van der Waals surface area contributed by atoms with Gasteiger partial charge >= 0.3 is 13.1 Å². The van der Waals surface area contributed by atoms with Crippen LogP contribution < -0.4 is 0 Å². The molecule has 3 fully saturated rings. The number of rotatable bonds is 6. The van der Waals surface area contributed by atoms with Crippen LogP contribution in [-0.4, -0.2) is 51.8 Å². The van der Waals surface area contributed by atoms with Crippen LogP contribution in [0.25, 0.3) is 0 Å². The number of carboxylic acids is 1. The minimum Gasteiger partial charge on any atom is -0.481 e. The third-order valence-electron chi connectivity index (χ3n) is 6.30. The highest BCUT2D eigenvalue weighted by atomic mass is 16.4. The number of fused-ring (bicyclic) bond motifs is 2. The largest absolute Gasteiger partial charge is 0.481 e. The molecule has 1 aliphatic carbocycles. The Balaban J connectivity index is 1.56. The maximum absolute atomic E-state index is 11.7. The number of aliphatic carboxylic acids is 1. The van der Waals surface area contributed by atoms with E-state index in [2.05, 4.69) is 4.90 Å². The summed E-state index contributed by atoms with van der Waals surface area (Å²) >= 11 is 0. The molecule has 124 valence electrons. The van der Waals surface area contributed by atoms with Crippen molar-refractivity contribution in [2.24, 2.45) is 17.8 Å². The lowest BCUT2D eigenvalue weighted by Gasteiger charge is -2.37. The Morgan fingerprint density at radius 3 is 2.23 bits per heavy atom. The SMILES string of the molecule is O=C(O)C1C[C@H](CCB(O)O)CCC1CN1C2CCC1CC2. The van der Waals surface area contributed by atoms with E-state index in [1.165, 1.54) is 25.7 Å². The zero-order chi connectivity index (χ0) is 15.7. The second-order valence-corrected chi connectivity index (χ2v) is 7.60. The van der Waals surface area contributed by atoms with E-state index in [4.69, 9.17) is 10.0 Å². The van der Waals surface area contributed by atoms with Crippen LogP contribution in [0.15, 0.2) is 0 Å². The van der Waals surface area contributed by atoms with Gasteiger partial charge < -0.3 is 15.2 Å². The van der Waals surface area contributed by atoms with Crippen molar-refractivity contribution in [3.8, 4) is 0 Å². The van der Waals surface area contributed by atoms with Crippen LogP contribution in [0.3, 0.4) is 0 Å². The van der Waals surface area contributed by atoms with Gasteiger partial charge in [-0.2, -0.15) is 0 Å². The third kappa shape index (κ3) is 3.49. The van der Waals surface area contributed by atoms with Crippen LogP contribution in [0.1, 0.15) is 51.4 Å². The molecule has 0 amide bonds. The maximum atomic E-state index is 11.7. The van der Waals surface area contributed by atoms with Gasteiger partial charge in [-0.25, -0.2) is 0 Å². The Morgan fingerprint density at radius 1 is 1.05 bits per heavy atom. The number of hydrogen-bond donors (Lipinski definition) is 3. The summed E-state index contributed by atoms with van der Waals surface area (Å²) in [4.78, 5) is 14.3. The molecule has 5 nitrogen and oxygen atoms in total. The van der Waals surface area contributed by atoms with Crippen LogP contribution in [0.5, 0.6) is 0 Å². The van der Waals surface area contributed by atoms with Crippen molar-refractivity contribution < 1.29 is 19.9 Å². The lowest BCUT2D eigenvalue weighted by Crippen LogP contribution is -2.41. The summed E-state index contributed by atoms with van der Waals surface area (Å²) in [5.41, 5.74) is 0. The third-order valence-corrected chi connectivity index (χ3v) is 6.30. The lowest BCUT2D eigenvalue weighted by molar-refractivity contribution is -0.146. The fraction of sp³-hybridized carbons (Fsp3) is 0.938. The molecule has 0 aromatic carbocycles. The summed E-state index contributed by atoms with van der Waals surface area (Å²) < 4.78 is 0. The number of nitrogens with zero attached hydrogens (tertiary/aromatic N) is 1. The Hall–Kier alpha value is -0.585. The standard InChI is InChI=1S/C16H28BNO4/c19-16(20)15-9-11(7-8-17(21)22)1-2-12(15)10-18-13-3-4-14(18)6-5-13/h11-15,21-22H,1-10H2,(H,19,20)/t11-,12?,13?,14?,15?/m0/s1.